The van der Waals surface area contributed by atoms with Gasteiger partial charge in [0, 0.05) is 30.0 Å². The molecular weight excluding hydrogens is 420 g/mol. The molecule has 33 heavy (non-hydrogen) atoms. The highest BCUT2D eigenvalue weighted by Gasteiger charge is 2.57. The number of hydrogen-bond donors (Lipinski definition) is 0. The Kier molecular flexibility index (Phi) is 6.83. The number of fused-ring (bicyclic) bond motifs is 1. The molecule has 0 N–H and O–H groups in total. The van der Waals surface area contributed by atoms with Gasteiger partial charge in [0.25, 0.3) is 5.91 Å². The van der Waals surface area contributed by atoms with E-state index in [1.165, 1.54) is 43.9 Å². The zero-order valence-electron chi connectivity index (χ0n) is 20.2. The lowest BCUT2D eigenvalue weighted by Gasteiger charge is -2.56. The molecule has 0 radical (unpaired) electrons. The second-order valence-corrected chi connectivity index (χ2v) is 9.74. The van der Waals surface area contributed by atoms with E-state index in [4.69, 9.17) is 0 Å². The Morgan fingerprint density at radius 2 is 1.76 bits per heavy atom. The molecular formula is C27H35F2N3O. The smallest absolute Gasteiger partial charge is 0.251 e. The van der Waals surface area contributed by atoms with Gasteiger partial charge >= 0.3 is 0 Å². The molecule has 3 fully saturated rings. The monoisotopic (exact) mass is 455 g/mol. The van der Waals surface area contributed by atoms with Crippen molar-refractivity contribution in [2.45, 2.75) is 66.2 Å². The number of benzene rings is 1. The van der Waals surface area contributed by atoms with Crippen LogP contribution in [0.2, 0.25) is 0 Å². The largest absolute Gasteiger partial charge is 0.338 e. The van der Waals surface area contributed by atoms with Gasteiger partial charge in [-0.1, -0.05) is 52.7 Å². The quantitative estimate of drug-likeness (QED) is 0.467. The van der Waals surface area contributed by atoms with E-state index in [0.29, 0.717) is 11.3 Å². The Balaban J connectivity index is 0.000000482. The Morgan fingerprint density at radius 1 is 1.12 bits per heavy atom. The summed E-state index contributed by atoms with van der Waals surface area (Å²) in [5.74, 6) is -0.431. The van der Waals surface area contributed by atoms with Crippen LogP contribution in [0.1, 0.15) is 71.8 Å². The number of azo groups is 1. The van der Waals surface area contributed by atoms with Gasteiger partial charge in [0.1, 0.15) is 11.6 Å². The van der Waals surface area contributed by atoms with Gasteiger partial charge in [0.15, 0.2) is 0 Å². The minimum absolute atomic E-state index is 0.0936. The molecule has 2 heterocycles. The molecule has 1 aromatic carbocycles. The van der Waals surface area contributed by atoms with Crippen molar-refractivity contribution >= 4 is 11.6 Å². The van der Waals surface area contributed by atoms with Crippen LogP contribution in [0.15, 0.2) is 45.8 Å². The van der Waals surface area contributed by atoms with Gasteiger partial charge in [-0.2, -0.15) is 10.2 Å². The van der Waals surface area contributed by atoms with Gasteiger partial charge in [-0.05, 0) is 49.7 Å². The highest BCUT2D eigenvalue weighted by Crippen LogP contribution is 2.61. The summed E-state index contributed by atoms with van der Waals surface area (Å²) in [7, 11) is 0. The molecule has 1 amide bonds. The summed E-state index contributed by atoms with van der Waals surface area (Å²) < 4.78 is 28.4. The third-order valence-electron chi connectivity index (χ3n) is 7.43. The summed E-state index contributed by atoms with van der Waals surface area (Å²) in [5.41, 5.74) is 2.03. The summed E-state index contributed by atoms with van der Waals surface area (Å²) in [5, 5.41) is 8.56. The Hall–Kier alpha value is -2.37. The highest BCUT2D eigenvalue weighted by atomic mass is 19.1. The van der Waals surface area contributed by atoms with E-state index in [9.17, 15) is 13.6 Å². The van der Waals surface area contributed by atoms with Gasteiger partial charge in [-0.3, -0.25) is 4.79 Å². The number of carbonyl (C=O) groups excluding carboxylic acids is 1. The molecule has 6 heteroatoms. The lowest BCUT2D eigenvalue weighted by molar-refractivity contribution is -0.145. The maximum atomic E-state index is 14.2. The molecule has 4 nitrogen and oxygen atoms in total. The SMILES string of the molecule is CC.CCC.O=C(C1=C2N=NC(c3c(F)cccc3F)=CC3C2[C@@H]3CC1)N1CC2(CCC2)C1. The van der Waals surface area contributed by atoms with E-state index in [1.807, 2.05) is 24.8 Å². The zero-order chi connectivity index (χ0) is 23.8. The van der Waals surface area contributed by atoms with Crippen molar-refractivity contribution < 1.29 is 13.6 Å². The number of carbonyl (C=O) groups is 1. The number of allylic oxidation sites excluding steroid dienone is 2. The van der Waals surface area contributed by atoms with E-state index in [1.54, 1.807) is 0 Å². The van der Waals surface area contributed by atoms with E-state index in [0.717, 1.165) is 37.2 Å². The topological polar surface area (TPSA) is 45.0 Å². The molecule has 5 aliphatic rings. The van der Waals surface area contributed by atoms with E-state index in [2.05, 4.69) is 24.1 Å². The fraction of sp³-hybridized carbons (Fsp3) is 0.593. The van der Waals surface area contributed by atoms with Crippen LogP contribution in [0.4, 0.5) is 8.78 Å². The fourth-order valence-electron chi connectivity index (χ4n) is 5.66. The van der Waals surface area contributed by atoms with Crippen LogP contribution in [0, 0.1) is 34.8 Å². The van der Waals surface area contributed by atoms with Gasteiger partial charge in [0.05, 0.1) is 17.0 Å². The molecule has 2 unspecified atom stereocenters. The molecule has 1 aromatic rings. The standard InChI is InChI=1S/C22H21F2N3O.C3H8.C2H6/c23-15-3-1-4-16(24)19(15)17-9-14-12-5-6-13(20(18(12)14)26-25-17)21(28)27-10-22(11-27)7-2-8-22;1-3-2;1-2/h1,3-4,9,12,14,18H,2,5-8,10-11H2;3H2,1-2H3;1-2H3/t12-,14?,18?;;/m1../s1. The number of rotatable bonds is 2. The lowest BCUT2D eigenvalue weighted by atomic mass is 9.63. The average molecular weight is 456 g/mol. The molecule has 1 spiro atoms. The lowest BCUT2D eigenvalue weighted by Crippen LogP contribution is -2.61. The minimum Gasteiger partial charge on any atom is -0.338 e. The Labute approximate surface area is 195 Å². The van der Waals surface area contributed by atoms with Crippen LogP contribution < -0.4 is 0 Å². The maximum absolute atomic E-state index is 14.2. The van der Waals surface area contributed by atoms with Gasteiger partial charge in [-0.15, -0.1) is 0 Å². The van der Waals surface area contributed by atoms with Crippen molar-refractivity contribution in [2.75, 3.05) is 13.1 Å². The number of likely N-dealkylation sites (tertiary alicyclic amines) is 1. The van der Waals surface area contributed by atoms with Gasteiger partial charge in [0.2, 0.25) is 0 Å². The predicted octanol–water partition coefficient (Wildman–Crippen LogP) is 7.14. The third kappa shape index (κ3) is 4.17. The highest BCUT2D eigenvalue weighted by molar-refractivity contribution is 5.95. The van der Waals surface area contributed by atoms with E-state index >= 15 is 0 Å². The van der Waals surface area contributed by atoms with Crippen LogP contribution in [-0.4, -0.2) is 23.9 Å². The van der Waals surface area contributed by atoms with Crippen LogP contribution in [0.25, 0.3) is 5.70 Å². The molecule has 178 valence electrons. The molecule has 3 atom stereocenters. The van der Waals surface area contributed by atoms with Crippen molar-refractivity contribution in [3.8, 4) is 0 Å². The first-order chi connectivity index (χ1) is 16.0. The Morgan fingerprint density at radius 3 is 2.33 bits per heavy atom. The van der Waals surface area contributed by atoms with Crippen molar-refractivity contribution in [1.29, 1.82) is 0 Å². The van der Waals surface area contributed by atoms with Gasteiger partial charge < -0.3 is 4.90 Å². The number of hydrogen-bond acceptors (Lipinski definition) is 3. The molecule has 0 aromatic heterocycles. The predicted molar refractivity (Wildman–Crippen MR) is 126 cm³/mol. The van der Waals surface area contributed by atoms with Crippen molar-refractivity contribution in [2.24, 2.45) is 33.4 Å². The summed E-state index contributed by atoms with van der Waals surface area (Å²) in [6, 6.07) is 3.82. The third-order valence-corrected chi connectivity index (χ3v) is 7.43. The van der Waals surface area contributed by atoms with Gasteiger partial charge in [-0.25, -0.2) is 8.78 Å². The summed E-state index contributed by atoms with van der Waals surface area (Å²) in [6.45, 7) is 9.97. The summed E-state index contributed by atoms with van der Waals surface area (Å²) in [4.78, 5) is 15.0. The first-order valence-electron chi connectivity index (χ1n) is 12.6. The fourth-order valence-corrected chi connectivity index (χ4v) is 5.66. The molecule has 1 saturated heterocycles. The second kappa shape index (κ2) is 9.47. The number of halogens is 2. The van der Waals surface area contributed by atoms with Crippen LogP contribution >= 0.6 is 0 Å². The molecule has 0 bridgehead atoms. The number of nitrogens with zero attached hydrogens (tertiary/aromatic N) is 3. The molecule has 6 rings (SSSR count). The second-order valence-electron chi connectivity index (χ2n) is 9.74. The van der Waals surface area contributed by atoms with E-state index < -0.39 is 11.6 Å². The van der Waals surface area contributed by atoms with Crippen molar-refractivity contribution in [3.63, 3.8) is 0 Å². The summed E-state index contributed by atoms with van der Waals surface area (Å²) in [6.07, 6.45) is 8.50. The minimum atomic E-state index is -0.633. The normalized spacial score (nSPS) is 27.5. The molecule has 2 saturated carbocycles. The van der Waals surface area contributed by atoms with Crippen molar-refractivity contribution in [1.82, 2.24) is 4.90 Å². The number of amides is 1. The van der Waals surface area contributed by atoms with Crippen LogP contribution in [0.3, 0.4) is 0 Å². The van der Waals surface area contributed by atoms with E-state index in [-0.39, 0.29) is 29.0 Å². The molecule has 2 aliphatic heterocycles. The first-order valence-corrected chi connectivity index (χ1v) is 12.6. The maximum Gasteiger partial charge on any atom is 0.251 e. The summed E-state index contributed by atoms with van der Waals surface area (Å²) >= 11 is 0. The average Bonchev–Trinajstić information content (AvgIpc) is 3.47. The zero-order valence-corrected chi connectivity index (χ0v) is 20.2. The Bertz CT molecular complexity index is 980. The van der Waals surface area contributed by atoms with Crippen molar-refractivity contribution in [3.05, 3.63) is 52.7 Å². The van der Waals surface area contributed by atoms with Crippen LogP contribution in [0.5, 0.6) is 0 Å². The molecule has 3 aliphatic carbocycles. The van der Waals surface area contributed by atoms with Crippen LogP contribution in [-0.2, 0) is 4.79 Å². The first kappa shape index (κ1) is 23.8.